The molecule has 1 nitrogen and oxygen atoms in total. The zero-order valence-electron chi connectivity index (χ0n) is 8.57. The Hall–Kier alpha value is -0.470. The zero-order chi connectivity index (χ0) is 10.8. The molecule has 0 aromatic heterocycles. The summed E-state index contributed by atoms with van der Waals surface area (Å²) in [5.74, 6) is 0.587. The van der Waals surface area contributed by atoms with E-state index in [1.807, 2.05) is 31.2 Å². The van der Waals surface area contributed by atoms with E-state index in [-0.39, 0.29) is 5.92 Å². The van der Waals surface area contributed by atoms with E-state index in [1.165, 1.54) is 0 Å². The largest absolute Gasteiger partial charge is 0.299 e. The maximum Gasteiger partial charge on any atom is 0.136 e. The van der Waals surface area contributed by atoms with Crippen LogP contribution in [0.15, 0.2) is 29.2 Å². The fourth-order valence-electron chi connectivity index (χ4n) is 1.85. The van der Waals surface area contributed by atoms with Gasteiger partial charge in [0.1, 0.15) is 5.78 Å². The summed E-state index contributed by atoms with van der Waals surface area (Å²) in [6.07, 6.45) is 1.73. The number of hydrogen-bond donors (Lipinski definition) is 0. The minimum atomic E-state index is 0.189. The highest BCUT2D eigenvalue weighted by molar-refractivity contribution is 8.00. The molecule has 0 aliphatic heterocycles. The van der Waals surface area contributed by atoms with Gasteiger partial charge in [0.05, 0.1) is 0 Å². The number of rotatable bonds is 2. The second kappa shape index (κ2) is 4.58. The molecular weight excluding hydrogens is 228 g/mol. The van der Waals surface area contributed by atoms with Crippen molar-refractivity contribution in [1.29, 1.82) is 0 Å². The highest BCUT2D eigenvalue weighted by Gasteiger charge is 2.31. The highest BCUT2D eigenvalue weighted by atomic mass is 35.5. The van der Waals surface area contributed by atoms with Crippen LogP contribution in [-0.2, 0) is 4.79 Å². The van der Waals surface area contributed by atoms with Crippen molar-refractivity contribution in [2.45, 2.75) is 29.9 Å². The number of Topliss-reactive ketones (excluding diaryl/α,β-unsaturated/α-hetero) is 1. The van der Waals surface area contributed by atoms with Gasteiger partial charge in [-0.25, -0.2) is 0 Å². The van der Waals surface area contributed by atoms with Crippen LogP contribution in [-0.4, -0.2) is 11.0 Å². The van der Waals surface area contributed by atoms with E-state index in [2.05, 4.69) is 0 Å². The fourth-order valence-corrected chi connectivity index (χ4v) is 3.39. The van der Waals surface area contributed by atoms with E-state index in [0.29, 0.717) is 11.0 Å². The number of benzene rings is 1. The Labute approximate surface area is 99.2 Å². The predicted molar refractivity (Wildman–Crippen MR) is 64.5 cm³/mol. The van der Waals surface area contributed by atoms with Gasteiger partial charge in [-0.15, -0.1) is 11.8 Å². The number of carbonyl (C=O) groups excluding carboxylic acids is 1. The molecule has 1 aliphatic rings. The van der Waals surface area contributed by atoms with Gasteiger partial charge < -0.3 is 0 Å². The van der Waals surface area contributed by atoms with Gasteiger partial charge in [0.2, 0.25) is 0 Å². The maximum atomic E-state index is 11.4. The summed E-state index contributed by atoms with van der Waals surface area (Å²) >= 11 is 7.69. The molecular formula is C12H13ClOS. The third-order valence-electron chi connectivity index (χ3n) is 2.82. The summed E-state index contributed by atoms with van der Waals surface area (Å²) in [6, 6.07) is 7.83. The Bertz CT molecular complexity index is 378. The standard InChI is InChI=1S/C12H13ClOS/c1-8-11(14)5-6-12(8)15-10-4-2-3-9(13)7-10/h2-4,7-8,12H,5-6H2,1H3. The van der Waals surface area contributed by atoms with Gasteiger partial charge in [-0.3, -0.25) is 4.79 Å². The van der Waals surface area contributed by atoms with Crippen molar-refractivity contribution < 1.29 is 4.79 Å². The summed E-state index contributed by atoms with van der Waals surface area (Å²) in [5.41, 5.74) is 0. The quantitative estimate of drug-likeness (QED) is 0.782. The highest BCUT2D eigenvalue weighted by Crippen LogP contribution is 2.37. The molecule has 0 spiro atoms. The normalized spacial score (nSPS) is 25.9. The van der Waals surface area contributed by atoms with Crippen LogP contribution >= 0.6 is 23.4 Å². The van der Waals surface area contributed by atoms with E-state index in [1.54, 1.807) is 11.8 Å². The molecule has 0 bridgehead atoms. The lowest BCUT2D eigenvalue weighted by Gasteiger charge is -2.13. The summed E-state index contributed by atoms with van der Waals surface area (Å²) in [4.78, 5) is 12.6. The molecule has 1 aliphatic carbocycles. The predicted octanol–water partition coefficient (Wildman–Crippen LogP) is 3.80. The number of ketones is 1. The average molecular weight is 241 g/mol. The van der Waals surface area contributed by atoms with Gasteiger partial charge in [0.25, 0.3) is 0 Å². The third-order valence-corrected chi connectivity index (χ3v) is 4.53. The van der Waals surface area contributed by atoms with E-state index in [0.717, 1.165) is 22.8 Å². The number of thioether (sulfide) groups is 1. The van der Waals surface area contributed by atoms with Crippen LogP contribution in [0.25, 0.3) is 0 Å². The van der Waals surface area contributed by atoms with Gasteiger partial charge in [0.15, 0.2) is 0 Å². The van der Waals surface area contributed by atoms with Crippen LogP contribution < -0.4 is 0 Å². The lowest BCUT2D eigenvalue weighted by molar-refractivity contribution is -0.120. The van der Waals surface area contributed by atoms with Crippen LogP contribution in [0.4, 0.5) is 0 Å². The minimum Gasteiger partial charge on any atom is -0.299 e. The second-order valence-corrected chi connectivity index (χ2v) is 5.66. The molecule has 2 rings (SSSR count). The van der Waals surface area contributed by atoms with Gasteiger partial charge >= 0.3 is 0 Å². The molecule has 0 heterocycles. The molecule has 1 aromatic rings. The van der Waals surface area contributed by atoms with Crippen molar-refractivity contribution in [2.24, 2.45) is 5.92 Å². The minimum absolute atomic E-state index is 0.189. The van der Waals surface area contributed by atoms with Crippen molar-refractivity contribution in [3.05, 3.63) is 29.3 Å². The third kappa shape index (κ3) is 2.56. The van der Waals surface area contributed by atoms with Crippen LogP contribution in [0.1, 0.15) is 19.8 Å². The van der Waals surface area contributed by atoms with E-state index in [9.17, 15) is 4.79 Å². The molecule has 2 unspecified atom stereocenters. The van der Waals surface area contributed by atoms with Crippen LogP contribution in [0.5, 0.6) is 0 Å². The first kappa shape index (κ1) is 11.0. The fraction of sp³-hybridized carbons (Fsp3) is 0.417. The Kier molecular flexibility index (Phi) is 3.37. The maximum absolute atomic E-state index is 11.4. The Morgan fingerprint density at radius 1 is 1.47 bits per heavy atom. The molecule has 1 fully saturated rings. The van der Waals surface area contributed by atoms with Gasteiger partial charge in [-0.1, -0.05) is 24.6 Å². The lowest BCUT2D eigenvalue weighted by Crippen LogP contribution is -2.11. The molecule has 0 amide bonds. The first-order valence-electron chi connectivity index (χ1n) is 5.12. The monoisotopic (exact) mass is 240 g/mol. The average Bonchev–Trinajstić information content (AvgIpc) is 2.50. The Morgan fingerprint density at radius 3 is 2.87 bits per heavy atom. The van der Waals surface area contributed by atoms with Crippen molar-refractivity contribution in [3.63, 3.8) is 0 Å². The number of hydrogen-bond acceptors (Lipinski definition) is 2. The lowest BCUT2D eigenvalue weighted by atomic mass is 10.1. The Morgan fingerprint density at radius 2 is 2.27 bits per heavy atom. The number of halogens is 1. The molecule has 80 valence electrons. The second-order valence-electron chi connectivity index (χ2n) is 3.91. The first-order valence-corrected chi connectivity index (χ1v) is 6.37. The summed E-state index contributed by atoms with van der Waals surface area (Å²) in [6.45, 7) is 2.03. The summed E-state index contributed by atoms with van der Waals surface area (Å²) in [5, 5.41) is 1.19. The van der Waals surface area contributed by atoms with E-state index in [4.69, 9.17) is 11.6 Å². The van der Waals surface area contributed by atoms with Crippen molar-refractivity contribution in [2.75, 3.05) is 0 Å². The molecule has 2 atom stereocenters. The molecule has 1 saturated carbocycles. The van der Waals surface area contributed by atoms with Gasteiger partial charge in [0, 0.05) is 27.5 Å². The van der Waals surface area contributed by atoms with Crippen LogP contribution in [0.2, 0.25) is 5.02 Å². The van der Waals surface area contributed by atoms with Crippen molar-refractivity contribution in [3.8, 4) is 0 Å². The van der Waals surface area contributed by atoms with Crippen molar-refractivity contribution in [1.82, 2.24) is 0 Å². The molecule has 3 heteroatoms. The van der Waals surface area contributed by atoms with Gasteiger partial charge in [-0.2, -0.15) is 0 Å². The van der Waals surface area contributed by atoms with E-state index >= 15 is 0 Å². The zero-order valence-corrected chi connectivity index (χ0v) is 10.1. The van der Waals surface area contributed by atoms with Crippen molar-refractivity contribution >= 4 is 29.1 Å². The molecule has 1 aromatic carbocycles. The molecule has 0 saturated heterocycles. The summed E-state index contributed by atoms with van der Waals surface area (Å²) < 4.78 is 0. The van der Waals surface area contributed by atoms with Crippen LogP contribution in [0.3, 0.4) is 0 Å². The SMILES string of the molecule is CC1C(=O)CCC1Sc1cccc(Cl)c1. The van der Waals surface area contributed by atoms with E-state index < -0.39 is 0 Å². The number of carbonyl (C=O) groups is 1. The Balaban J connectivity index is 2.06. The molecule has 0 N–H and O–H groups in total. The van der Waals surface area contributed by atoms with Gasteiger partial charge in [-0.05, 0) is 24.6 Å². The van der Waals surface area contributed by atoms with Crippen LogP contribution in [0, 0.1) is 5.92 Å². The summed E-state index contributed by atoms with van der Waals surface area (Å²) in [7, 11) is 0. The molecule has 0 radical (unpaired) electrons. The topological polar surface area (TPSA) is 17.1 Å². The smallest absolute Gasteiger partial charge is 0.136 e. The molecule has 15 heavy (non-hydrogen) atoms. The first-order chi connectivity index (χ1) is 7.16.